The van der Waals surface area contributed by atoms with E-state index in [4.69, 9.17) is 4.52 Å². The van der Waals surface area contributed by atoms with E-state index in [2.05, 4.69) is 22.4 Å². The van der Waals surface area contributed by atoms with Crippen molar-refractivity contribution in [2.24, 2.45) is 5.92 Å². The maximum absolute atomic E-state index is 9.85. The first-order valence-electron chi connectivity index (χ1n) is 6.51. The van der Waals surface area contributed by atoms with Gasteiger partial charge in [0.25, 0.3) is 11.8 Å². The third kappa shape index (κ3) is 3.54. The molecule has 0 spiro atoms. The molecule has 2 rings (SSSR count). The molecule has 0 aliphatic rings. The third-order valence-electron chi connectivity index (χ3n) is 3.22. The van der Waals surface area contributed by atoms with Crippen LogP contribution in [0.3, 0.4) is 0 Å². The third-order valence-corrected chi connectivity index (χ3v) is 3.22. The van der Waals surface area contributed by atoms with Crippen LogP contribution in [0.2, 0.25) is 0 Å². The van der Waals surface area contributed by atoms with Gasteiger partial charge in [0.15, 0.2) is 0 Å². The monoisotopic (exact) mass is 261 g/mol. The number of anilines is 1. The molecule has 19 heavy (non-hydrogen) atoms. The molecule has 5 heteroatoms. The molecule has 1 aromatic heterocycles. The summed E-state index contributed by atoms with van der Waals surface area (Å²) in [5.41, 5.74) is 0.880. The minimum Gasteiger partial charge on any atom is -0.391 e. The number of benzene rings is 1. The summed E-state index contributed by atoms with van der Waals surface area (Å²) in [5, 5.41) is 16.7. The number of aliphatic hydroxyl groups excluding tert-OH is 1. The second-order valence-corrected chi connectivity index (χ2v) is 4.62. The Bertz CT molecular complexity index is 498. The topological polar surface area (TPSA) is 71.2 Å². The largest absolute Gasteiger partial charge is 0.391 e. The van der Waals surface area contributed by atoms with Crippen LogP contribution in [0.15, 0.2) is 34.9 Å². The van der Waals surface area contributed by atoms with Crippen LogP contribution in [-0.4, -0.2) is 27.9 Å². The van der Waals surface area contributed by atoms with Gasteiger partial charge in [0, 0.05) is 12.1 Å². The smallest absolute Gasteiger partial charge is 0.263 e. The van der Waals surface area contributed by atoms with Crippen molar-refractivity contribution in [2.45, 2.75) is 26.4 Å². The molecule has 0 saturated carbocycles. The van der Waals surface area contributed by atoms with Crippen molar-refractivity contribution in [3.8, 4) is 11.5 Å². The van der Waals surface area contributed by atoms with Gasteiger partial charge in [0.1, 0.15) is 0 Å². The molecule has 1 heterocycles. The van der Waals surface area contributed by atoms with Crippen molar-refractivity contribution in [2.75, 3.05) is 11.9 Å². The number of nitrogens with zero attached hydrogens (tertiary/aromatic N) is 2. The summed E-state index contributed by atoms with van der Waals surface area (Å²) < 4.78 is 5.16. The van der Waals surface area contributed by atoms with Crippen LogP contribution in [0.1, 0.15) is 20.3 Å². The van der Waals surface area contributed by atoms with Crippen molar-refractivity contribution in [3.63, 3.8) is 0 Å². The lowest BCUT2D eigenvalue weighted by Crippen LogP contribution is -2.26. The average Bonchev–Trinajstić information content (AvgIpc) is 2.93. The van der Waals surface area contributed by atoms with E-state index in [0.717, 1.165) is 12.0 Å². The Hall–Kier alpha value is -1.88. The number of hydrogen-bond donors (Lipinski definition) is 2. The van der Waals surface area contributed by atoms with Crippen LogP contribution in [0, 0.1) is 5.92 Å². The zero-order valence-electron chi connectivity index (χ0n) is 11.2. The minimum atomic E-state index is -0.413. The fourth-order valence-electron chi connectivity index (χ4n) is 1.66. The lowest BCUT2D eigenvalue weighted by Gasteiger charge is -2.16. The molecule has 2 atom stereocenters. The summed E-state index contributed by atoms with van der Waals surface area (Å²) in [6.07, 6.45) is 0.522. The van der Waals surface area contributed by atoms with Crippen molar-refractivity contribution in [3.05, 3.63) is 30.3 Å². The van der Waals surface area contributed by atoms with Crippen molar-refractivity contribution in [1.82, 2.24) is 10.1 Å². The Morgan fingerprint density at radius 1 is 1.32 bits per heavy atom. The number of aromatic nitrogens is 2. The first kappa shape index (κ1) is 13.5. The predicted octanol–water partition coefficient (Wildman–Crippen LogP) is 2.56. The average molecular weight is 261 g/mol. The van der Waals surface area contributed by atoms with Crippen LogP contribution < -0.4 is 5.32 Å². The lowest BCUT2D eigenvalue weighted by molar-refractivity contribution is 0.126. The molecule has 2 unspecified atom stereocenters. The highest BCUT2D eigenvalue weighted by Crippen LogP contribution is 2.18. The fourth-order valence-corrected chi connectivity index (χ4v) is 1.66. The van der Waals surface area contributed by atoms with Gasteiger partial charge < -0.3 is 14.9 Å². The maximum Gasteiger partial charge on any atom is 0.263 e. The second-order valence-electron chi connectivity index (χ2n) is 4.62. The highest BCUT2D eigenvalue weighted by Gasteiger charge is 2.14. The number of hydrogen-bond acceptors (Lipinski definition) is 5. The van der Waals surface area contributed by atoms with Crippen LogP contribution in [0.25, 0.3) is 11.5 Å². The molecule has 0 amide bonds. The van der Waals surface area contributed by atoms with Crippen molar-refractivity contribution < 1.29 is 9.63 Å². The summed E-state index contributed by atoms with van der Waals surface area (Å²) in [6.45, 7) is 4.48. The van der Waals surface area contributed by atoms with Crippen molar-refractivity contribution >= 4 is 5.95 Å². The molecule has 0 aliphatic heterocycles. The first-order chi connectivity index (χ1) is 9.20. The summed E-state index contributed by atoms with van der Waals surface area (Å²) in [7, 11) is 0. The Kier molecular flexibility index (Phi) is 4.52. The lowest BCUT2D eigenvalue weighted by atomic mass is 10.0. The zero-order chi connectivity index (χ0) is 13.7. The quantitative estimate of drug-likeness (QED) is 0.836. The van der Waals surface area contributed by atoms with Crippen LogP contribution in [0.5, 0.6) is 0 Å². The van der Waals surface area contributed by atoms with Crippen LogP contribution in [-0.2, 0) is 0 Å². The Balaban J connectivity index is 1.95. The van der Waals surface area contributed by atoms with Gasteiger partial charge in [-0.3, -0.25) is 0 Å². The van der Waals surface area contributed by atoms with Crippen LogP contribution >= 0.6 is 0 Å². The molecule has 102 valence electrons. The van der Waals surface area contributed by atoms with Gasteiger partial charge in [-0.2, -0.15) is 4.98 Å². The van der Waals surface area contributed by atoms with Gasteiger partial charge in [-0.15, -0.1) is 0 Å². The molecule has 0 bridgehead atoms. The van der Waals surface area contributed by atoms with Gasteiger partial charge in [0.05, 0.1) is 6.10 Å². The molecule has 2 N–H and O–H groups in total. The van der Waals surface area contributed by atoms with Crippen LogP contribution in [0.4, 0.5) is 5.95 Å². The van der Waals surface area contributed by atoms with E-state index in [1.165, 1.54) is 0 Å². The Morgan fingerprint density at radius 2 is 2.05 bits per heavy atom. The molecular weight excluding hydrogens is 242 g/mol. The number of aliphatic hydroxyl groups is 1. The van der Waals surface area contributed by atoms with Gasteiger partial charge in [-0.25, -0.2) is 0 Å². The van der Waals surface area contributed by atoms with E-state index in [-0.39, 0.29) is 5.92 Å². The van der Waals surface area contributed by atoms with E-state index in [1.54, 1.807) is 0 Å². The summed E-state index contributed by atoms with van der Waals surface area (Å²) in [5.74, 6) is 1.12. The maximum atomic E-state index is 9.85. The van der Waals surface area contributed by atoms with E-state index >= 15 is 0 Å². The number of rotatable bonds is 6. The normalized spacial score (nSPS) is 14.1. The van der Waals surface area contributed by atoms with E-state index < -0.39 is 6.10 Å². The Morgan fingerprint density at radius 3 is 2.74 bits per heavy atom. The summed E-state index contributed by atoms with van der Waals surface area (Å²) >= 11 is 0. The molecular formula is C14H19N3O2. The fraction of sp³-hybridized carbons (Fsp3) is 0.429. The zero-order valence-corrected chi connectivity index (χ0v) is 11.2. The standard InChI is InChI=1S/C14H19N3O2/c1-3-10(2)12(18)9-15-14-16-13(19-17-14)11-7-5-4-6-8-11/h4-8,10,12,18H,3,9H2,1-2H3,(H,15,17). The first-order valence-corrected chi connectivity index (χ1v) is 6.51. The molecule has 0 aliphatic carbocycles. The van der Waals surface area contributed by atoms with E-state index in [0.29, 0.717) is 18.4 Å². The SMILES string of the molecule is CCC(C)C(O)CNc1noc(-c2ccccc2)n1. The second kappa shape index (κ2) is 6.33. The van der Waals surface area contributed by atoms with E-state index in [9.17, 15) is 5.11 Å². The van der Waals surface area contributed by atoms with Gasteiger partial charge in [0.2, 0.25) is 0 Å². The Labute approximate surface area is 112 Å². The summed E-state index contributed by atoms with van der Waals surface area (Å²) in [4.78, 5) is 4.24. The van der Waals surface area contributed by atoms with Gasteiger partial charge in [-0.05, 0) is 23.2 Å². The minimum absolute atomic E-state index is 0.244. The molecule has 0 saturated heterocycles. The molecule has 1 aromatic carbocycles. The molecule has 5 nitrogen and oxygen atoms in total. The highest BCUT2D eigenvalue weighted by atomic mass is 16.5. The van der Waals surface area contributed by atoms with Gasteiger partial charge in [-0.1, -0.05) is 38.5 Å². The molecule has 2 aromatic rings. The van der Waals surface area contributed by atoms with Gasteiger partial charge >= 0.3 is 0 Å². The van der Waals surface area contributed by atoms with E-state index in [1.807, 2.05) is 37.3 Å². The summed E-state index contributed by atoms with van der Waals surface area (Å²) in [6, 6.07) is 9.58. The predicted molar refractivity (Wildman–Crippen MR) is 73.7 cm³/mol. The van der Waals surface area contributed by atoms with Crippen molar-refractivity contribution in [1.29, 1.82) is 0 Å². The number of nitrogens with one attached hydrogen (secondary N) is 1. The molecule has 0 radical (unpaired) electrons. The molecule has 0 fully saturated rings. The highest BCUT2D eigenvalue weighted by molar-refractivity contribution is 5.53.